The van der Waals surface area contributed by atoms with E-state index in [1.165, 1.54) is 14.0 Å². The highest BCUT2D eigenvalue weighted by molar-refractivity contribution is 5.88. The summed E-state index contributed by atoms with van der Waals surface area (Å²) < 4.78 is 4.78. The minimum absolute atomic E-state index is 0.260. The number of rotatable bonds is 8. The summed E-state index contributed by atoms with van der Waals surface area (Å²) in [4.78, 5) is 34.1. The van der Waals surface area contributed by atoms with Gasteiger partial charge in [0, 0.05) is 13.7 Å². The van der Waals surface area contributed by atoms with Crippen LogP contribution in [0.3, 0.4) is 0 Å². The lowest BCUT2D eigenvalue weighted by Crippen LogP contribution is -2.53. The van der Waals surface area contributed by atoms with Crippen molar-refractivity contribution in [1.82, 2.24) is 16.0 Å². The van der Waals surface area contributed by atoms with Crippen molar-refractivity contribution < 1.29 is 24.2 Å². The SMILES string of the molecule is COCCNC(=O)C(C)NC(=O)N[C@@H](C(=O)O)C(C)C. The van der Waals surface area contributed by atoms with Gasteiger partial charge in [-0.15, -0.1) is 0 Å². The molecule has 0 rings (SSSR count). The number of methoxy groups -OCH3 is 1. The fourth-order valence-corrected chi connectivity index (χ4v) is 1.39. The molecule has 0 aliphatic carbocycles. The first-order valence-electron chi connectivity index (χ1n) is 6.36. The third-order valence-electron chi connectivity index (χ3n) is 2.57. The van der Waals surface area contributed by atoms with Crippen LogP contribution in [0.15, 0.2) is 0 Å². The lowest BCUT2D eigenvalue weighted by molar-refractivity contribution is -0.140. The number of carboxylic acids is 1. The van der Waals surface area contributed by atoms with Gasteiger partial charge >= 0.3 is 12.0 Å². The van der Waals surface area contributed by atoms with Crippen LogP contribution in [0.25, 0.3) is 0 Å². The number of amides is 3. The van der Waals surface area contributed by atoms with Gasteiger partial charge in [-0.2, -0.15) is 0 Å². The summed E-state index contributed by atoms with van der Waals surface area (Å²) in [5.74, 6) is -1.75. The number of hydrogen-bond acceptors (Lipinski definition) is 4. The van der Waals surface area contributed by atoms with Crippen LogP contribution in [-0.4, -0.2) is 55.4 Å². The van der Waals surface area contributed by atoms with Crippen LogP contribution in [0.5, 0.6) is 0 Å². The Labute approximate surface area is 118 Å². The summed E-state index contributed by atoms with van der Waals surface area (Å²) in [7, 11) is 1.51. The molecule has 0 bridgehead atoms. The monoisotopic (exact) mass is 289 g/mol. The largest absolute Gasteiger partial charge is 0.480 e. The van der Waals surface area contributed by atoms with Crippen molar-refractivity contribution in [1.29, 1.82) is 0 Å². The first kappa shape index (κ1) is 18.2. The molecule has 0 aromatic rings. The molecule has 0 heterocycles. The Morgan fingerprint density at radius 2 is 1.75 bits per heavy atom. The molecule has 0 aromatic carbocycles. The quantitative estimate of drug-likeness (QED) is 0.451. The number of nitrogens with one attached hydrogen (secondary N) is 3. The Balaban J connectivity index is 4.24. The van der Waals surface area contributed by atoms with Gasteiger partial charge in [0.05, 0.1) is 6.61 Å². The van der Waals surface area contributed by atoms with Crippen LogP contribution >= 0.6 is 0 Å². The van der Waals surface area contributed by atoms with E-state index in [4.69, 9.17) is 9.84 Å². The second-order valence-corrected chi connectivity index (χ2v) is 4.68. The van der Waals surface area contributed by atoms with Crippen molar-refractivity contribution in [3.63, 3.8) is 0 Å². The molecular weight excluding hydrogens is 266 g/mol. The lowest BCUT2D eigenvalue weighted by Gasteiger charge is -2.20. The maximum Gasteiger partial charge on any atom is 0.326 e. The fourth-order valence-electron chi connectivity index (χ4n) is 1.39. The molecule has 4 N–H and O–H groups in total. The molecule has 0 saturated carbocycles. The molecule has 1 unspecified atom stereocenters. The minimum Gasteiger partial charge on any atom is -0.480 e. The van der Waals surface area contributed by atoms with E-state index >= 15 is 0 Å². The smallest absolute Gasteiger partial charge is 0.326 e. The van der Waals surface area contributed by atoms with Crippen molar-refractivity contribution in [2.45, 2.75) is 32.9 Å². The van der Waals surface area contributed by atoms with Crippen LogP contribution in [0.2, 0.25) is 0 Å². The summed E-state index contributed by atoms with van der Waals surface area (Å²) in [6.07, 6.45) is 0. The van der Waals surface area contributed by atoms with Crippen LogP contribution in [0.4, 0.5) is 4.79 Å². The van der Waals surface area contributed by atoms with Crippen molar-refractivity contribution in [3.05, 3.63) is 0 Å². The summed E-state index contributed by atoms with van der Waals surface area (Å²) in [5, 5.41) is 16.2. The molecule has 0 aliphatic rings. The summed E-state index contributed by atoms with van der Waals surface area (Å²) in [6.45, 7) is 5.58. The van der Waals surface area contributed by atoms with Crippen molar-refractivity contribution in [3.8, 4) is 0 Å². The fraction of sp³-hybridized carbons (Fsp3) is 0.750. The zero-order chi connectivity index (χ0) is 15.7. The van der Waals surface area contributed by atoms with Crippen molar-refractivity contribution in [2.24, 2.45) is 5.92 Å². The molecule has 0 fully saturated rings. The van der Waals surface area contributed by atoms with E-state index in [0.29, 0.717) is 13.2 Å². The second kappa shape index (κ2) is 9.13. The van der Waals surface area contributed by atoms with E-state index in [1.54, 1.807) is 13.8 Å². The van der Waals surface area contributed by atoms with Gasteiger partial charge in [0.25, 0.3) is 0 Å². The Hall–Kier alpha value is -1.83. The van der Waals surface area contributed by atoms with E-state index in [-0.39, 0.29) is 11.8 Å². The maximum atomic E-state index is 11.6. The predicted molar refractivity (Wildman–Crippen MR) is 72.3 cm³/mol. The van der Waals surface area contributed by atoms with E-state index in [2.05, 4.69) is 16.0 Å². The highest BCUT2D eigenvalue weighted by Gasteiger charge is 2.24. The zero-order valence-electron chi connectivity index (χ0n) is 12.2. The average molecular weight is 289 g/mol. The number of urea groups is 1. The molecule has 8 nitrogen and oxygen atoms in total. The van der Waals surface area contributed by atoms with Crippen molar-refractivity contribution >= 4 is 17.9 Å². The average Bonchev–Trinajstić information content (AvgIpc) is 2.35. The molecule has 0 radical (unpaired) electrons. The zero-order valence-corrected chi connectivity index (χ0v) is 12.2. The third kappa shape index (κ3) is 6.93. The number of carbonyl (C=O) groups excluding carboxylic acids is 2. The van der Waals surface area contributed by atoms with Crippen molar-refractivity contribution in [2.75, 3.05) is 20.3 Å². The molecule has 0 saturated heterocycles. The van der Waals surface area contributed by atoms with E-state index in [0.717, 1.165) is 0 Å². The molecule has 8 heteroatoms. The topological polar surface area (TPSA) is 117 Å². The molecule has 0 aromatic heterocycles. The number of ether oxygens (including phenoxy) is 1. The summed E-state index contributed by atoms with van der Waals surface area (Å²) in [6, 6.07) is -2.47. The van der Waals surface area contributed by atoms with Gasteiger partial charge < -0.3 is 25.8 Å². The number of carbonyl (C=O) groups is 3. The van der Waals surface area contributed by atoms with Crippen LogP contribution in [-0.2, 0) is 14.3 Å². The van der Waals surface area contributed by atoms with E-state index in [9.17, 15) is 14.4 Å². The Morgan fingerprint density at radius 3 is 2.20 bits per heavy atom. The van der Waals surface area contributed by atoms with Crippen LogP contribution < -0.4 is 16.0 Å². The standard InChI is InChI=1S/C12H23N3O5/c1-7(2)9(11(17)18)15-12(19)14-8(3)10(16)13-5-6-20-4/h7-9H,5-6H2,1-4H3,(H,13,16)(H,17,18)(H2,14,15,19)/t8?,9-/m1/s1. The van der Waals surface area contributed by atoms with Gasteiger partial charge in [-0.25, -0.2) is 9.59 Å². The third-order valence-corrected chi connectivity index (χ3v) is 2.57. The highest BCUT2D eigenvalue weighted by Crippen LogP contribution is 2.01. The Kier molecular flexibility index (Phi) is 8.30. The lowest BCUT2D eigenvalue weighted by atomic mass is 10.1. The van der Waals surface area contributed by atoms with Gasteiger partial charge in [-0.1, -0.05) is 13.8 Å². The Morgan fingerprint density at radius 1 is 1.15 bits per heavy atom. The molecule has 116 valence electrons. The molecule has 3 amide bonds. The van der Waals surface area contributed by atoms with Gasteiger partial charge in [0.2, 0.25) is 5.91 Å². The predicted octanol–water partition coefficient (Wildman–Crippen LogP) is -0.454. The van der Waals surface area contributed by atoms with Crippen LogP contribution in [0, 0.1) is 5.92 Å². The number of carboxylic acid groups (broad SMARTS) is 1. The molecular formula is C12H23N3O5. The maximum absolute atomic E-state index is 11.6. The first-order valence-corrected chi connectivity index (χ1v) is 6.36. The highest BCUT2D eigenvalue weighted by atomic mass is 16.5. The Bertz CT molecular complexity index is 346. The van der Waals surface area contributed by atoms with Crippen LogP contribution in [0.1, 0.15) is 20.8 Å². The summed E-state index contributed by atoms with van der Waals surface area (Å²) >= 11 is 0. The second-order valence-electron chi connectivity index (χ2n) is 4.68. The van der Waals surface area contributed by atoms with E-state index < -0.39 is 24.1 Å². The number of hydrogen-bond donors (Lipinski definition) is 4. The summed E-state index contributed by atoms with van der Waals surface area (Å²) in [5.41, 5.74) is 0. The van der Waals surface area contributed by atoms with Gasteiger partial charge in [-0.3, -0.25) is 4.79 Å². The minimum atomic E-state index is -1.12. The van der Waals surface area contributed by atoms with Gasteiger partial charge in [-0.05, 0) is 12.8 Å². The molecule has 20 heavy (non-hydrogen) atoms. The van der Waals surface area contributed by atoms with Gasteiger partial charge in [0.15, 0.2) is 0 Å². The van der Waals surface area contributed by atoms with Gasteiger partial charge in [0.1, 0.15) is 12.1 Å². The molecule has 2 atom stereocenters. The first-order chi connectivity index (χ1) is 9.29. The van der Waals surface area contributed by atoms with E-state index in [1.807, 2.05) is 0 Å². The number of aliphatic carboxylic acids is 1. The normalized spacial score (nSPS) is 13.4. The molecule has 0 spiro atoms. The molecule has 0 aliphatic heterocycles.